The Hall–Kier alpha value is -2.08. The highest BCUT2D eigenvalue weighted by Gasteiger charge is 2.23. The summed E-state index contributed by atoms with van der Waals surface area (Å²) in [4.78, 5) is 25.3. The van der Waals surface area contributed by atoms with Gasteiger partial charge in [-0.25, -0.2) is 0 Å². The summed E-state index contributed by atoms with van der Waals surface area (Å²) in [5, 5.41) is 2.87. The lowest BCUT2D eigenvalue weighted by Crippen LogP contribution is -2.36. The van der Waals surface area contributed by atoms with E-state index in [0.717, 1.165) is 19.4 Å². The summed E-state index contributed by atoms with van der Waals surface area (Å²) in [5.74, 6) is 0.326. The summed E-state index contributed by atoms with van der Waals surface area (Å²) in [6.45, 7) is 1.32. The second-order valence-electron chi connectivity index (χ2n) is 5.27. The molecule has 0 aliphatic carbocycles. The summed E-state index contributed by atoms with van der Waals surface area (Å²) in [7, 11) is 1.68. The minimum Gasteiger partial charge on any atom is -0.482 e. The second-order valence-corrected chi connectivity index (χ2v) is 5.27. The van der Waals surface area contributed by atoms with Crippen molar-refractivity contribution in [2.75, 3.05) is 31.7 Å². The molecule has 1 fully saturated rings. The molecule has 1 N–H and O–H groups in total. The summed E-state index contributed by atoms with van der Waals surface area (Å²) >= 11 is 0. The number of carbonyl (C=O) groups is 2. The maximum atomic E-state index is 12.2. The highest BCUT2D eigenvalue weighted by atomic mass is 16.5. The van der Waals surface area contributed by atoms with Crippen LogP contribution >= 0.6 is 0 Å². The minimum absolute atomic E-state index is 0.0358. The fraction of sp³-hybridized carbons (Fsp3) is 0.467. The number of rotatable bonds is 3. The molecule has 0 bridgehead atoms. The number of hydrogen-bond acceptors (Lipinski definition) is 4. The van der Waals surface area contributed by atoms with Crippen molar-refractivity contribution in [3.05, 3.63) is 23.8 Å². The first kappa shape index (κ1) is 13.9. The molecule has 1 atom stereocenters. The third-order valence-corrected chi connectivity index (χ3v) is 3.82. The standard InChI is InChI=1S/C15H18N2O4/c1-17-12-7-10(4-5-13(12)21-9-14(17)18)15(19)16-8-11-3-2-6-20-11/h4-5,7,11H,2-3,6,8-9H2,1H3,(H,16,19)/t11-/m0/s1. The second kappa shape index (κ2) is 5.73. The normalized spacial score (nSPS) is 20.9. The molecule has 0 unspecified atom stereocenters. The number of nitrogens with one attached hydrogen (secondary N) is 1. The maximum Gasteiger partial charge on any atom is 0.264 e. The minimum atomic E-state index is -0.167. The van der Waals surface area contributed by atoms with Crippen molar-refractivity contribution < 1.29 is 19.1 Å². The predicted molar refractivity (Wildman–Crippen MR) is 76.7 cm³/mol. The van der Waals surface area contributed by atoms with E-state index < -0.39 is 0 Å². The lowest BCUT2D eigenvalue weighted by atomic mass is 10.1. The van der Waals surface area contributed by atoms with Crippen LogP contribution in [0.5, 0.6) is 5.75 Å². The van der Waals surface area contributed by atoms with Crippen LogP contribution in [-0.4, -0.2) is 44.7 Å². The van der Waals surface area contributed by atoms with Crippen molar-refractivity contribution in [2.45, 2.75) is 18.9 Å². The van der Waals surface area contributed by atoms with E-state index in [-0.39, 0.29) is 24.5 Å². The van der Waals surface area contributed by atoms with Crippen LogP contribution in [0.2, 0.25) is 0 Å². The summed E-state index contributed by atoms with van der Waals surface area (Å²) in [6, 6.07) is 5.10. The Bertz CT molecular complexity index is 567. The molecule has 2 amide bonds. The van der Waals surface area contributed by atoms with Crippen molar-refractivity contribution in [1.82, 2.24) is 5.32 Å². The van der Waals surface area contributed by atoms with Gasteiger partial charge in [-0.1, -0.05) is 0 Å². The number of carbonyl (C=O) groups excluding carboxylic acids is 2. The number of nitrogens with zero attached hydrogens (tertiary/aromatic N) is 1. The van der Waals surface area contributed by atoms with E-state index in [9.17, 15) is 9.59 Å². The van der Waals surface area contributed by atoms with E-state index in [4.69, 9.17) is 9.47 Å². The van der Waals surface area contributed by atoms with Gasteiger partial charge < -0.3 is 19.7 Å². The summed E-state index contributed by atoms with van der Waals surface area (Å²) < 4.78 is 10.8. The Morgan fingerprint density at radius 2 is 2.33 bits per heavy atom. The SMILES string of the molecule is CN1C(=O)COc2ccc(C(=O)NC[C@@H]3CCCO3)cc21. The molecule has 2 heterocycles. The van der Waals surface area contributed by atoms with E-state index in [2.05, 4.69) is 5.32 Å². The molecule has 0 aromatic heterocycles. The number of amides is 2. The number of likely N-dealkylation sites (N-methyl/N-ethyl adjacent to an activating group) is 1. The van der Waals surface area contributed by atoms with E-state index in [0.29, 0.717) is 23.5 Å². The van der Waals surface area contributed by atoms with E-state index >= 15 is 0 Å². The van der Waals surface area contributed by atoms with Gasteiger partial charge in [0, 0.05) is 25.8 Å². The molecule has 112 valence electrons. The summed E-state index contributed by atoms with van der Waals surface area (Å²) in [6.07, 6.45) is 2.14. The molecular formula is C15H18N2O4. The number of hydrogen-bond donors (Lipinski definition) is 1. The van der Waals surface area contributed by atoms with Crippen molar-refractivity contribution >= 4 is 17.5 Å². The smallest absolute Gasteiger partial charge is 0.264 e. The van der Waals surface area contributed by atoms with E-state index in [1.165, 1.54) is 4.90 Å². The van der Waals surface area contributed by atoms with Gasteiger partial charge in [0.15, 0.2) is 6.61 Å². The van der Waals surface area contributed by atoms with Gasteiger partial charge >= 0.3 is 0 Å². The average molecular weight is 290 g/mol. The lowest BCUT2D eigenvalue weighted by Gasteiger charge is -2.26. The molecule has 1 saturated heterocycles. The zero-order chi connectivity index (χ0) is 14.8. The zero-order valence-corrected chi connectivity index (χ0v) is 11.9. The van der Waals surface area contributed by atoms with Crippen molar-refractivity contribution in [3.8, 4) is 5.75 Å². The van der Waals surface area contributed by atoms with Crippen LogP contribution < -0.4 is 15.0 Å². The summed E-state index contributed by atoms with van der Waals surface area (Å²) in [5.41, 5.74) is 1.13. The van der Waals surface area contributed by atoms with Gasteiger partial charge in [0.1, 0.15) is 5.75 Å². The van der Waals surface area contributed by atoms with Crippen LogP contribution in [0.1, 0.15) is 23.2 Å². The zero-order valence-electron chi connectivity index (χ0n) is 11.9. The lowest BCUT2D eigenvalue weighted by molar-refractivity contribution is -0.120. The van der Waals surface area contributed by atoms with Crippen LogP contribution in [0.4, 0.5) is 5.69 Å². The topological polar surface area (TPSA) is 67.9 Å². The quantitative estimate of drug-likeness (QED) is 0.900. The fourth-order valence-electron chi connectivity index (χ4n) is 2.53. The Balaban J connectivity index is 1.70. The van der Waals surface area contributed by atoms with Crippen molar-refractivity contribution in [3.63, 3.8) is 0 Å². The number of fused-ring (bicyclic) bond motifs is 1. The molecule has 21 heavy (non-hydrogen) atoms. The van der Waals surface area contributed by atoms with Crippen LogP contribution in [0.3, 0.4) is 0 Å². The Kier molecular flexibility index (Phi) is 3.79. The molecule has 1 aromatic rings. The Morgan fingerprint density at radius 3 is 3.10 bits per heavy atom. The maximum absolute atomic E-state index is 12.2. The van der Waals surface area contributed by atoms with Gasteiger partial charge in [-0.05, 0) is 31.0 Å². The van der Waals surface area contributed by atoms with Crippen LogP contribution in [0, 0.1) is 0 Å². The largest absolute Gasteiger partial charge is 0.482 e. The first-order valence-electron chi connectivity index (χ1n) is 7.08. The van der Waals surface area contributed by atoms with Gasteiger partial charge in [0.25, 0.3) is 11.8 Å². The fourth-order valence-corrected chi connectivity index (χ4v) is 2.53. The van der Waals surface area contributed by atoms with Gasteiger partial charge in [0.05, 0.1) is 11.8 Å². The van der Waals surface area contributed by atoms with Crippen LogP contribution in [0.15, 0.2) is 18.2 Å². The molecule has 6 nitrogen and oxygen atoms in total. The van der Waals surface area contributed by atoms with E-state index in [1.807, 2.05) is 0 Å². The van der Waals surface area contributed by atoms with Crippen LogP contribution in [-0.2, 0) is 9.53 Å². The monoisotopic (exact) mass is 290 g/mol. The van der Waals surface area contributed by atoms with Crippen molar-refractivity contribution in [2.24, 2.45) is 0 Å². The average Bonchev–Trinajstić information content (AvgIpc) is 3.02. The van der Waals surface area contributed by atoms with Crippen molar-refractivity contribution in [1.29, 1.82) is 0 Å². The highest BCUT2D eigenvalue weighted by molar-refractivity contribution is 6.00. The molecule has 2 aliphatic rings. The van der Waals surface area contributed by atoms with Gasteiger partial charge in [-0.15, -0.1) is 0 Å². The third kappa shape index (κ3) is 2.85. The molecular weight excluding hydrogens is 272 g/mol. The third-order valence-electron chi connectivity index (χ3n) is 3.82. The molecule has 6 heteroatoms. The highest BCUT2D eigenvalue weighted by Crippen LogP contribution is 2.31. The first-order valence-corrected chi connectivity index (χ1v) is 7.08. The molecule has 0 spiro atoms. The van der Waals surface area contributed by atoms with Gasteiger partial charge in [-0.2, -0.15) is 0 Å². The molecule has 3 rings (SSSR count). The van der Waals surface area contributed by atoms with Gasteiger partial charge in [0.2, 0.25) is 0 Å². The number of anilines is 1. The molecule has 1 aromatic carbocycles. The van der Waals surface area contributed by atoms with E-state index in [1.54, 1.807) is 25.2 Å². The van der Waals surface area contributed by atoms with Gasteiger partial charge in [-0.3, -0.25) is 9.59 Å². The number of benzene rings is 1. The first-order chi connectivity index (χ1) is 10.1. The predicted octanol–water partition coefficient (Wildman–Crippen LogP) is 0.951. The van der Waals surface area contributed by atoms with Crippen LogP contribution in [0.25, 0.3) is 0 Å². The molecule has 2 aliphatic heterocycles. The molecule has 0 radical (unpaired) electrons. The Morgan fingerprint density at radius 1 is 1.48 bits per heavy atom. The molecule has 0 saturated carbocycles. The Labute approximate surface area is 123 Å². The number of ether oxygens (including phenoxy) is 2.